The molecule has 2 radical (unpaired) electrons. The van der Waals surface area contributed by atoms with Crippen LogP contribution >= 0.6 is 11.3 Å². The van der Waals surface area contributed by atoms with Crippen molar-refractivity contribution in [2.24, 2.45) is 0 Å². The van der Waals surface area contributed by atoms with Crippen LogP contribution in [0.4, 0.5) is 0 Å². The summed E-state index contributed by atoms with van der Waals surface area (Å²) in [5, 5.41) is 3.97. The number of ketones is 1. The van der Waals surface area contributed by atoms with Crippen molar-refractivity contribution in [3.8, 4) is 0 Å². The molecule has 1 N–H and O–H groups in total. The van der Waals surface area contributed by atoms with Gasteiger partial charge in [-0.3, -0.25) is 9.59 Å². The van der Waals surface area contributed by atoms with E-state index in [4.69, 9.17) is 6.92 Å². The molecule has 1 rings (SSSR count). The summed E-state index contributed by atoms with van der Waals surface area (Å²) < 4.78 is 0. The summed E-state index contributed by atoms with van der Waals surface area (Å²) in [6.45, 7) is 5.02. The maximum atomic E-state index is 11.1. The van der Waals surface area contributed by atoms with E-state index in [0.717, 1.165) is 0 Å². The number of thiophene rings is 1. The number of hydrogen-bond donors (Lipinski definition) is 1. The van der Waals surface area contributed by atoms with Crippen LogP contribution in [-0.4, -0.2) is 18.2 Å². The van der Waals surface area contributed by atoms with Gasteiger partial charge in [0.1, 0.15) is 0 Å². The average Bonchev–Trinajstić information content (AvgIpc) is 2.55. The lowest BCUT2D eigenvalue weighted by Crippen LogP contribution is -2.30. The van der Waals surface area contributed by atoms with Crippen molar-refractivity contribution in [2.75, 3.05) is 6.54 Å². The Morgan fingerprint density at radius 1 is 1.58 bits per heavy atom. The molecule has 0 aliphatic heterocycles. The highest BCUT2D eigenvalue weighted by molar-refractivity contribution is 7.12. The standard InChI is InChI=1S/C8H7NO2S/c1-2-9-8(11)7(10)6-4-3-5-12-6/h1,3-5H,2H2,(H,9,11). The zero-order valence-corrected chi connectivity index (χ0v) is 7.06. The summed E-state index contributed by atoms with van der Waals surface area (Å²) in [7, 11) is 0. The quantitative estimate of drug-likeness (QED) is 0.552. The van der Waals surface area contributed by atoms with Gasteiger partial charge in [-0.15, -0.1) is 11.3 Å². The van der Waals surface area contributed by atoms with Gasteiger partial charge in [0.25, 0.3) is 11.7 Å². The van der Waals surface area contributed by atoms with Gasteiger partial charge in [-0.05, 0) is 18.4 Å². The van der Waals surface area contributed by atoms with Crippen LogP contribution in [0.25, 0.3) is 0 Å². The predicted molar refractivity (Wildman–Crippen MR) is 46.0 cm³/mol. The number of amides is 1. The summed E-state index contributed by atoms with van der Waals surface area (Å²) in [5.74, 6) is -1.18. The summed E-state index contributed by atoms with van der Waals surface area (Å²) in [4.78, 5) is 22.5. The molecule has 4 heteroatoms. The van der Waals surface area contributed by atoms with Crippen LogP contribution in [-0.2, 0) is 4.79 Å². The Morgan fingerprint density at radius 3 is 2.83 bits per heavy atom. The van der Waals surface area contributed by atoms with Gasteiger partial charge in [-0.25, -0.2) is 0 Å². The van der Waals surface area contributed by atoms with Crippen LogP contribution in [0.2, 0.25) is 0 Å². The van der Waals surface area contributed by atoms with E-state index in [1.807, 2.05) is 0 Å². The third-order valence-electron chi connectivity index (χ3n) is 1.21. The molecule has 0 saturated heterocycles. The molecule has 0 unspecified atom stereocenters. The van der Waals surface area contributed by atoms with Gasteiger partial charge < -0.3 is 5.32 Å². The van der Waals surface area contributed by atoms with Gasteiger partial charge in [-0.1, -0.05) is 6.07 Å². The molecule has 0 atom stereocenters. The zero-order chi connectivity index (χ0) is 8.97. The molecule has 1 aromatic rings. The first kappa shape index (κ1) is 8.93. The number of Topliss-reactive ketones (excluding diaryl/α,β-unsaturated/α-hetero) is 1. The Bertz CT molecular complexity index is 279. The van der Waals surface area contributed by atoms with Crippen molar-refractivity contribution in [1.82, 2.24) is 5.32 Å². The largest absolute Gasteiger partial charge is 0.349 e. The predicted octanol–water partition coefficient (Wildman–Crippen LogP) is 0.758. The Kier molecular flexibility index (Phi) is 2.99. The maximum absolute atomic E-state index is 11.1. The van der Waals surface area contributed by atoms with Crippen molar-refractivity contribution >= 4 is 23.0 Å². The minimum absolute atomic E-state index is 0.0179. The first-order chi connectivity index (χ1) is 5.75. The first-order valence-electron chi connectivity index (χ1n) is 3.32. The minimum Gasteiger partial charge on any atom is -0.349 e. The molecule has 0 aliphatic carbocycles. The molecule has 1 aromatic heterocycles. The highest BCUT2D eigenvalue weighted by Crippen LogP contribution is 2.08. The maximum Gasteiger partial charge on any atom is 0.293 e. The Balaban J connectivity index is 2.66. The second-order valence-electron chi connectivity index (χ2n) is 2.02. The fraction of sp³-hybridized carbons (Fsp3) is 0.125. The normalized spacial score (nSPS) is 9.42. The second-order valence-corrected chi connectivity index (χ2v) is 2.96. The van der Waals surface area contributed by atoms with Crippen LogP contribution in [0.3, 0.4) is 0 Å². The molecule has 12 heavy (non-hydrogen) atoms. The summed E-state index contributed by atoms with van der Waals surface area (Å²) in [6, 6.07) is 3.32. The number of hydrogen-bond acceptors (Lipinski definition) is 3. The fourth-order valence-corrected chi connectivity index (χ4v) is 1.35. The van der Waals surface area contributed by atoms with Crippen molar-refractivity contribution < 1.29 is 9.59 Å². The number of rotatable bonds is 3. The molecular formula is C8H7NO2S. The highest BCUT2D eigenvalue weighted by Gasteiger charge is 2.15. The zero-order valence-electron chi connectivity index (χ0n) is 6.24. The molecule has 0 spiro atoms. The van der Waals surface area contributed by atoms with E-state index in [1.54, 1.807) is 17.5 Å². The lowest BCUT2D eigenvalue weighted by atomic mass is 10.3. The van der Waals surface area contributed by atoms with E-state index in [1.165, 1.54) is 11.3 Å². The highest BCUT2D eigenvalue weighted by atomic mass is 32.1. The lowest BCUT2D eigenvalue weighted by molar-refractivity contribution is -0.116. The molecule has 0 aromatic carbocycles. The Labute approximate surface area is 74.4 Å². The molecule has 0 saturated carbocycles. The molecule has 62 valence electrons. The Hall–Kier alpha value is -1.16. The fourth-order valence-electron chi connectivity index (χ4n) is 0.693. The first-order valence-corrected chi connectivity index (χ1v) is 4.19. The summed E-state index contributed by atoms with van der Waals surface area (Å²) in [5.41, 5.74) is 0. The van der Waals surface area contributed by atoms with Crippen LogP contribution in [0.5, 0.6) is 0 Å². The molecular weight excluding hydrogens is 174 g/mol. The average molecular weight is 181 g/mol. The minimum atomic E-state index is -0.653. The van der Waals surface area contributed by atoms with Gasteiger partial charge >= 0.3 is 0 Å². The van der Waals surface area contributed by atoms with E-state index >= 15 is 0 Å². The number of nitrogens with one attached hydrogen (secondary N) is 1. The third kappa shape index (κ3) is 1.92. The van der Waals surface area contributed by atoms with Gasteiger partial charge in [0.05, 0.1) is 4.88 Å². The van der Waals surface area contributed by atoms with Crippen molar-refractivity contribution in [3.05, 3.63) is 29.3 Å². The van der Waals surface area contributed by atoms with Crippen molar-refractivity contribution in [1.29, 1.82) is 0 Å². The number of carbonyl (C=O) groups excluding carboxylic acids is 2. The van der Waals surface area contributed by atoms with Crippen molar-refractivity contribution in [2.45, 2.75) is 0 Å². The van der Waals surface area contributed by atoms with Crippen LogP contribution in [0.15, 0.2) is 17.5 Å². The van der Waals surface area contributed by atoms with E-state index < -0.39 is 11.7 Å². The SMILES string of the molecule is [CH]CNC(=O)C(=O)c1cccs1. The van der Waals surface area contributed by atoms with E-state index in [-0.39, 0.29) is 6.54 Å². The molecule has 1 heterocycles. The Morgan fingerprint density at radius 2 is 2.33 bits per heavy atom. The second kappa shape index (κ2) is 4.01. The van der Waals surface area contributed by atoms with Crippen LogP contribution in [0, 0.1) is 6.92 Å². The van der Waals surface area contributed by atoms with E-state index in [2.05, 4.69) is 5.32 Å². The third-order valence-corrected chi connectivity index (χ3v) is 2.08. The van der Waals surface area contributed by atoms with E-state index in [9.17, 15) is 9.59 Å². The molecule has 3 nitrogen and oxygen atoms in total. The smallest absolute Gasteiger partial charge is 0.293 e. The molecule has 1 amide bonds. The summed E-state index contributed by atoms with van der Waals surface area (Å²) in [6.07, 6.45) is 0. The lowest BCUT2D eigenvalue weighted by Gasteiger charge is -1.96. The van der Waals surface area contributed by atoms with Crippen LogP contribution in [0.1, 0.15) is 9.67 Å². The van der Waals surface area contributed by atoms with Gasteiger partial charge in [-0.2, -0.15) is 0 Å². The topological polar surface area (TPSA) is 46.2 Å². The van der Waals surface area contributed by atoms with Gasteiger partial charge in [0, 0.05) is 6.54 Å². The number of carbonyl (C=O) groups is 2. The molecule has 0 bridgehead atoms. The van der Waals surface area contributed by atoms with Gasteiger partial charge in [0.15, 0.2) is 0 Å². The summed E-state index contributed by atoms with van der Waals surface area (Å²) >= 11 is 1.23. The van der Waals surface area contributed by atoms with E-state index in [0.29, 0.717) is 4.88 Å². The molecule has 0 fully saturated rings. The van der Waals surface area contributed by atoms with Gasteiger partial charge in [0.2, 0.25) is 0 Å². The monoisotopic (exact) mass is 181 g/mol. The van der Waals surface area contributed by atoms with Crippen molar-refractivity contribution in [3.63, 3.8) is 0 Å². The van der Waals surface area contributed by atoms with Crippen LogP contribution < -0.4 is 5.32 Å². The molecule has 0 aliphatic rings.